The number of halogens is 4. The zero-order chi connectivity index (χ0) is 22.9. The fourth-order valence-electron chi connectivity index (χ4n) is 3.25. The third-order valence-electron chi connectivity index (χ3n) is 5.07. The van der Waals surface area contributed by atoms with Crippen molar-refractivity contribution in [1.82, 2.24) is 14.8 Å². The molecule has 1 aromatic heterocycles. The molecule has 1 fully saturated rings. The van der Waals surface area contributed by atoms with Crippen molar-refractivity contribution in [2.45, 2.75) is 48.8 Å². The number of benzene rings is 2. The van der Waals surface area contributed by atoms with E-state index in [0.717, 1.165) is 36.4 Å². The van der Waals surface area contributed by atoms with Gasteiger partial charge in [-0.15, -0.1) is 10.2 Å². The Morgan fingerprint density at radius 2 is 1.94 bits per heavy atom. The van der Waals surface area contributed by atoms with E-state index >= 15 is 0 Å². The molecular weight excluding hydrogens is 461 g/mol. The van der Waals surface area contributed by atoms with Crippen LogP contribution in [0.25, 0.3) is 0 Å². The van der Waals surface area contributed by atoms with Crippen LogP contribution in [-0.2, 0) is 17.5 Å². The summed E-state index contributed by atoms with van der Waals surface area (Å²) in [5, 5.41) is 10.8. The molecule has 1 aliphatic carbocycles. The average molecular weight is 481 g/mol. The molecule has 0 radical (unpaired) electrons. The molecule has 4 rings (SSSR count). The summed E-state index contributed by atoms with van der Waals surface area (Å²) >= 11 is 6.88. The predicted molar refractivity (Wildman–Crippen MR) is 118 cm³/mol. The Hall–Kier alpha value is -2.52. The van der Waals surface area contributed by atoms with E-state index < -0.39 is 22.9 Å². The molecule has 1 atom stereocenters. The third-order valence-corrected chi connectivity index (χ3v) is 6.38. The van der Waals surface area contributed by atoms with Gasteiger partial charge >= 0.3 is 6.18 Å². The van der Waals surface area contributed by atoms with Crippen LogP contribution in [-0.4, -0.2) is 25.9 Å². The lowest BCUT2D eigenvalue weighted by Crippen LogP contribution is -2.24. The molecule has 0 spiro atoms. The van der Waals surface area contributed by atoms with Crippen molar-refractivity contribution in [2.75, 3.05) is 5.32 Å². The minimum atomic E-state index is -4.64. The average Bonchev–Trinajstić information content (AvgIpc) is 3.52. The summed E-state index contributed by atoms with van der Waals surface area (Å²) in [6, 6.07) is 13.1. The standard InChI is InChI=1S/C22H20ClF3N4OS/c1-13(20(31)27-18-10-9-16(23)11-17(18)22(24,25)26)32-21-29-28-19(15-7-8-15)30(21)12-14-5-3-2-4-6-14/h2-6,9-11,13,15H,7-8,12H2,1H3,(H,27,31). The number of nitrogens with zero attached hydrogens (tertiary/aromatic N) is 3. The Bertz CT molecular complexity index is 1120. The van der Waals surface area contributed by atoms with Gasteiger partial charge in [0, 0.05) is 10.9 Å². The van der Waals surface area contributed by atoms with Crippen molar-refractivity contribution >= 4 is 35.0 Å². The summed E-state index contributed by atoms with van der Waals surface area (Å²) < 4.78 is 42.0. The summed E-state index contributed by atoms with van der Waals surface area (Å²) in [5.74, 6) is 0.666. The first-order valence-electron chi connectivity index (χ1n) is 10.0. The third kappa shape index (κ3) is 5.27. The van der Waals surface area contributed by atoms with Gasteiger partial charge in [0.2, 0.25) is 5.91 Å². The van der Waals surface area contributed by atoms with Gasteiger partial charge in [0.05, 0.1) is 23.0 Å². The molecule has 32 heavy (non-hydrogen) atoms. The van der Waals surface area contributed by atoms with Crippen LogP contribution in [0.4, 0.5) is 18.9 Å². The number of thioether (sulfide) groups is 1. The number of aromatic nitrogens is 3. The summed E-state index contributed by atoms with van der Waals surface area (Å²) in [5.41, 5.74) is -0.244. The number of nitrogens with one attached hydrogen (secondary N) is 1. The predicted octanol–water partition coefficient (Wildman–Crippen LogP) is 6.00. The molecule has 1 unspecified atom stereocenters. The molecule has 3 aromatic rings. The Labute approximate surface area is 192 Å². The molecule has 0 saturated heterocycles. The van der Waals surface area contributed by atoms with Gasteiger partial charge in [0.1, 0.15) is 5.82 Å². The summed E-state index contributed by atoms with van der Waals surface area (Å²) in [7, 11) is 0. The molecule has 1 aliphatic rings. The molecule has 10 heteroatoms. The van der Waals surface area contributed by atoms with E-state index in [-0.39, 0.29) is 10.7 Å². The lowest BCUT2D eigenvalue weighted by atomic mass is 10.1. The molecule has 5 nitrogen and oxygen atoms in total. The van der Waals surface area contributed by atoms with Crippen LogP contribution >= 0.6 is 23.4 Å². The zero-order valence-corrected chi connectivity index (χ0v) is 18.6. The Balaban J connectivity index is 1.52. The maximum absolute atomic E-state index is 13.3. The Morgan fingerprint density at radius 1 is 1.22 bits per heavy atom. The van der Waals surface area contributed by atoms with E-state index in [1.807, 2.05) is 34.9 Å². The lowest BCUT2D eigenvalue weighted by molar-refractivity contribution is -0.137. The topological polar surface area (TPSA) is 59.8 Å². The van der Waals surface area contributed by atoms with Crippen molar-refractivity contribution in [3.05, 3.63) is 70.5 Å². The van der Waals surface area contributed by atoms with E-state index in [4.69, 9.17) is 11.6 Å². The Morgan fingerprint density at radius 3 is 2.59 bits per heavy atom. The van der Waals surface area contributed by atoms with Crippen molar-refractivity contribution in [1.29, 1.82) is 0 Å². The lowest BCUT2D eigenvalue weighted by Gasteiger charge is -2.17. The van der Waals surface area contributed by atoms with Crippen LogP contribution in [0.1, 0.15) is 42.6 Å². The fraction of sp³-hybridized carbons (Fsp3) is 0.318. The van der Waals surface area contributed by atoms with Gasteiger partial charge in [0.25, 0.3) is 0 Å². The highest BCUT2D eigenvalue weighted by Crippen LogP contribution is 2.41. The highest BCUT2D eigenvalue weighted by molar-refractivity contribution is 8.00. The molecule has 1 amide bonds. The van der Waals surface area contributed by atoms with Crippen molar-refractivity contribution < 1.29 is 18.0 Å². The highest BCUT2D eigenvalue weighted by atomic mass is 35.5. The second kappa shape index (κ2) is 9.15. The quantitative estimate of drug-likeness (QED) is 0.422. The van der Waals surface area contributed by atoms with Crippen LogP contribution in [0.3, 0.4) is 0 Å². The molecular formula is C22H20ClF3N4OS. The van der Waals surface area contributed by atoms with Gasteiger partial charge in [-0.3, -0.25) is 4.79 Å². The number of amides is 1. The van der Waals surface area contributed by atoms with Crippen LogP contribution in [0.15, 0.2) is 53.7 Å². The monoisotopic (exact) mass is 480 g/mol. The van der Waals surface area contributed by atoms with E-state index in [2.05, 4.69) is 15.5 Å². The zero-order valence-electron chi connectivity index (χ0n) is 17.1. The van der Waals surface area contributed by atoms with E-state index in [9.17, 15) is 18.0 Å². The van der Waals surface area contributed by atoms with Crippen LogP contribution in [0.5, 0.6) is 0 Å². The molecule has 1 heterocycles. The number of carbonyl (C=O) groups is 1. The van der Waals surface area contributed by atoms with Crippen LogP contribution in [0.2, 0.25) is 5.02 Å². The maximum atomic E-state index is 13.3. The normalized spacial score (nSPS) is 14.9. The van der Waals surface area contributed by atoms with Crippen molar-refractivity contribution in [2.24, 2.45) is 0 Å². The highest BCUT2D eigenvalue weighted by Gasteiger charge is 2.35. The molecule has 0 bridgehead atoms. The summed E-state index contributed by atoms with van der Waals surface area (Å²) in [6.07, 6.45) is -2.55. The van der Waals surface area contributed by atoms with Gasteiger partial charge in [-0.25, -0.2) is 0 Å². The smallest absolute Gasteiger partial charge is 0.325 e. The van der Waals surface area contributed by atoms with Gasteiger partial charge in [-0.05, 0) is 43.5 Å². The molecule has 0 aliphatic heterocycles. The van der Waals surface area contributed by atoms with Crippen LogP contribution in [0, 0.1) is 0 Å². The summed E-state index contributed by atoms with van der Waals surface area (Å²) in [6.45, 7) is 2.19. The van der Waals surface area contributed by atoms with Gasteiger partial charge < -0.3 is 9.88 Å². The fourth-order valence-corrected chi connectivity index (χ4v) is 4.28. The summed E-state index contributed by atoms with van der Waals surface area (Å²) in [4.78, 5) is 12.7. The first-order chi connectivity index (χ1) is 15.2. The van der Waals surface area contributed by atoms with Gasteiger partial charge in [0.15, 0.2) is 5.16 Å². The number of hydrogen-bond acceptors (Lipinski definition) is 4. The van der Waals surface area contributed by atoms with Crippen LogP contribution < -0.4 is 5.32 Å². The van der Waals surface area contributed by atoms with Crippen molar-refractivity contribution in [3.63, 3.8) is 0 Å². The number of anilines is 1. The second-order valence-corrected chi connectivity index (χ2v) is 9.37. The first-order valence-corrected chi connectivity index (χ1v) is 11.3. The van der Waals surface area contributed by atoms with Gasteiger partial charge in [-0.1, -0.05) is 53.7 Å². The molecule has 2 aromatic carbocycles. The minimum Gasteiger partial charge on any atom is -0.325 e. The maximum Gasteiger partial charge on any atom is 0.418 e. The van der Waals surface area contributed by atoms with Crippen molar-refractivity contribution in [3.8, 4) is 0 Å². The second-order valence-electron chi connectivity index (χ2n) is 7.62. The SMILES string of the molecule is CC(Sc1nnc(C2CC2)n1Cc1ccccc1)C(=O)Nc1ccc(Cl)cc1C(F)(F)F. The number of carbonyl (C=O) groups excluding carboxylic acids is 1. The molecule has 1 saturated carbocycles. The molecule has 1 N–H and O–H groups in total. The number of rotatable bonds is 7. The molecule has 168 valence electrons. The van der Waals surface area contributed by atoms with E-state index in [0.29, 0.717) is 17.6 Å². The largest absolute Gasteiger partial charge is 0.418 e. The number of hydrogen-bond donors (Lipinski definition) is 1. The van der Waals surface area contributed by atoms with E-state index in [1.54, 1.807) is 6.92 Å². The van der Waals surface area contributed by atoms with Gasteiger partial charge in [-0.2, -0.15) is 13.2 Å². The van der Waals surface area contributed by atoms with E-state index in [1.165, 1.54) is 17.8 Å². The minimum absolute atomic E-state index is 0.0561. The number of alkyl halides is 3. The first kappa shape index (κ1) is 22.7. The Kier molecular flexibility index (Phi) is 6.48.